The van der Waals surface area contributed by atoms with Crippen LogP contribution in [0.4, 0.5) is 0 Å². The van der Waals surface area contributed by atoms with Crippen LogP contribution in [0, 0.1) is 0 Å². The van der Waals surface area contributed by atoms with Crippen LogP contribution in [0.15, 0.2) is 0 Å². The summed E-state index contributed by atoms with van der Waals surface area (Å²) < 4.78 is 27.6. The Bertz CT molecular complexity index is 560. The summed E-state index contributed by atoms with van der Waals surface area (Å²) in [5.74, 6) is -1.71. The molecule has 0 aliphatic carbocycles. The fourth-order valence-electron chi connectivity index (χ4n) is 2.99. The van der Waals surface area contributed by atoms with Crippen molar-refractivity contribution in [3.63, 3.8) is 0 Å². The Labute approximate surface area is 165 Å². The molecular weight excluding hydrogens is 372 g/mol. The molecule has 1 fully saturated rings. The minimum Gasteiger partial charge on any atom is -0.456 e. The number of esters is 3. The molecule has 5 atom stereocenters. The van der Waals surface area contributed by atoms with Gasteiger partial charge in [-0.05, 0) is 26.2 Å². The Kier molecular flexibility index (Phi) is 10.1. The van der Waals surface area contributed by atoms with Gasteiger partial charge in [0.15, 0.2) is 24.6 Å². The molecule has 1 aliphatic rings. The first-order valence-electron chi connectivity index (χ1n) is 9.43. The van der Waals surface area contributed by atoms with Gasteiger partial charge < -0.3 is 28.5 Å². The Morgan fingerprint density at radius 2 is 1.32 bits per heavy atom. The Balaban J connectivity index is 2.98. The van der Waals surface area contributed by atoms with Crippen LogP contribution in [0.2, 0.25) is 0 Å². The molecule has 0 aromatic heterocycles. The maximum Gasteiger partial charge on any atom is 0.303 e. The number of rotatable bonds is 10. The van der Waals surface area contributed by atoms with E-state index in [0.29, 0.717) is 25.7 Å². The second-order valence-electron chi connectivity index (χ2n) is 6.70. The van der Waals surface area contributed by atoms with Crippen molar-refractivity contribution in [2.45, 2.75) is 91.0 Å². The normalized spacial score (nSPS) is 27.0. The number of Topliss-reactive ketones (excluding diaryl/α,β-unsaturated/α-hetero) is 1. The number of ketones is 1. The second-order valence-corrected chi connectivity index (χ2v) is 6.70. The van der Waals surface area contributed by atoms with Gasteiger partial charge in [0.1, 0.15) is 11.9 Å². The zero-order valence-corrected chi connectivity index (χ0v) is 17.1. The molecular formula is C19H30O9. The van der Waals surface area contributed by atoms with Crippen molar-refractivity contribution in [2.24, 2.45) is 0 Å². The van der Waals surface area contributed by atoms with E-state index < -0.39 is 48.6 Å². The molecule has 9 nitrogen and oxygen atoms in total. The minimum atomic E-state index is -1.10. The zero-order valence-electron chi connectivity index (χ0n) is 17.1. The van der Waals surface area contributed by atoms with Crippen molar-refractivity contribution in [3.8, 4) is 0 Å². The van der Waals surface area contributed by atoms with Crippen molar-refractivity contribution in [2.75, 3.05) is 6.61 Å². The highest BCUT2D eigenvalue weighted by Crippen LogP contribution is 2.31. The van der Waals surface area contributed by atoms with Gasteiger partial charge in [-0.25, -0.2) is 0 Å². The number of hydrogen-bond donors (Lipinski definition) is 0. The molecule has 1 rings (SSSR count). The third kappa shape index (κ3) is 7.93. The second kappa shape index (κ2) is 11.8. The van der Waals surface area contributed by atoms with Gasteiger partial charge >= 0.3 is 17.9 Å². The van der Waals surface area contributed by atoms with Crippen LogP contribution in [-0.2, 0) is 42.9 Å². The summed E-state index contributed by atoms with van der Waals surface area (Å²) in [5, 5.41) is 0. The average molecular weight is 402 g/mol. The summed E-state index contributed by atoms with van der Waals surface area (Å²) in [5.41, 5.74) is 0. The molecule has 1 heterocycles. The predicted molar refractivity (Wildman–Crippen MR) is 96.1 cm³/mol. The van der Waals surface area contributed by atoms with Gasteiger partial charge in [-0.15, -0.1) is 0 Å². The van der Waals surface area contributed by atoms with E-state index in [0.717, 1.165) is 0 Å². The molecule has 5 unspecified atom stereocenters. The lowest BCUT2D eigenvalue weighted by Gasteiger charge is -2.44. The number of unbranched alkanes of at least 4 members (excludes halogenated alkanes) is 1. The molecule has 1 saturated heterocycles. The summed E-state index contributed by atoms with van der Waals surface area (Å²) in [7, 11) is 0. The molecule has 0 radical (unpaired) electrons. The Hall–Kier alpha value is -2.00. The van der Waals surface area contributed by atoms with E-state index in [4.69, 9.17) is 23.7 Å². The van der Waals surface area contributed by atoms with Crippen molar-refractivity contribution in [1.82, 2.24) is 0 Å². The van der Waals surface area contributed by atoms with Gasteiger partial charge in [0.25, 0.3) is 0 Å². The molecule has 0 saturated carbocycles. The molecule has 160 valence electrons. The third-order valence-corrected chi connectivity index (χ3v) is 4.10. The van der Waals surface area contributed by atoms with E-state index >= 15 is 0 Å². The van der Waals surface area contributed by atoms with E-state index in [9.17, 15) is 19.2 Å². The Morgan fingerprint density at radius 3 is 1.82 bits per heavy atom. The van der Waals surface area contributed by atoms with Crippen LogP contribution in [0.5, 0.6) is 0 Å². The van der Waals surface area contributed by atoms with E-state index in [1.165, 1.54) is 27.7 Å². The molecule has 0 spiro atoms. The van der Waals surface area contributed by atoms with Gasteiger partial charge in [0.2, 0.25) is 0 Å². The molecule has 28 heavy (non-hydrogen) atoms. The third-order valence-electron chi connectivity index (χ3n) is 4.10. The maximum atomic E-state index is 11.6. The van der Waals surface area contributed by atoms with Crippen LogP contribution in [0.1, 0.15) is 60.3 Å². The smallest absolute Gasteiger partial charge is 0.303 e. The highest BCUT2D eigenvalue weighted by molar-refractivity contribution is 5.75. The van der Waals surface area contributed by atoms with Gasteiger partial charge in [-0.2, -0.15) is 0 Å². The molecule has 0 N–H and O–H groups in total. The topological polar surface area (TPSA) is 114 Å². The summed E-state index contributed by atoms with van der Waals surface area (Å²) >= 11 is 0. The van der Waals surface area contributed by atoms with Crippen LogP contribution in [0.3, 0.4) is 0 Å². The lowest BCUT2D eigenvalue weighted by atomic mass is 9.96. The van der Waals surface area contributed by atoms with E-state index in [1.54, 1.807) is 0 Å². The van der Waals surface area contributed by atoms with Crippen molar-refractivity contribution < 1.29 is 42.9 Å². The van der Waals surface area contributed by atoms with Gasteiger partial charge in [-0.3, -0.25) is 14.4 Å². The summed E-state index contributed by atoms with van der Waals surface area (Å²) in [6.07, 6.45) is -2.54. The molecule has 0 bridgehead atoms. The predicted octanol–water partition coefficient (Wildman–Crippen LogP) is 1.69. The van der Waals surface area contributed by atoms with Gasteiger partial charge in [0.05, 0.1) is 0 Å². The van der Waals surface area contributed by atoms with Crippen LogP contribution >= 0.6 is 0 Å². The molecule has 0 amide bonds. The summed E-state index contributed by atoms with van der Waals surface area (Å²) in [4.78, 5) is 45.8. The fraction of sp³-hybridized carbons (Fsp3) is 0.789. The van der Waals surface area contributed by atoms with E-state index in [-0.39, 0.29) is 12.4 Å². The largest absolute Gasteiger partial charge is 0.456 e. The summed E-state index contributed by atoms with van der Waals surface area (Å²) in [6.45, 7) is 7.26. The van der Waals surface area contributed by atoms with Crippen LogP contribution < -0.4 is 0 Å². The Morgan fingerprint density at radius 1 is 0.786 bits per heavy atom. The first-order valence-corrected chi connectivity index (χ1v) is 9.43. The highest BCUT2D eigenvalue weighted by atomic mass is 16.7. The van der Waals surface area contributed by atoms with Crippen molar-refractivity contribution >= 4 is 23.7 Å². The van der Waals surface area contributed by atoms with Crippen LogP contribution in [0.25, 0.3) is 0 Å². The van der Waals surface area contributed by atoms with E-state index in [2.05, 4.69) is 0 Å². The van der Waals surface area contributed by atoms with Crippen molar-refractivity contribution in [3.05, 3.63) is 0 Å². The van der Waals surface area contributed by atoms with Crippen molar-refractivity contribution in [1.29, 1.82) is 0 Å². The quantitative estimate of drug-likeness (QED) is 0.306. The van der Waals surface area contributed by atoms with Gasteiger partial charge in [0, 0.05) is 33.8 Å². The van der Waals surface area contributed by atoms with E-state index in [1.807, 2.05) is 6.92 Å². The SMILES string of the molecule is CCC1OC(OCCCCC(C)=O)C(OC(C)=O)C(OC(C)=O)C1OC(C)=O. The number of carbonyl (C=O) groups is 4. The standard InChI is InChI=1S/C19H30O9/c1-6-15-16(25-12(3)21)17(26-13(4)22)18(27-14(5)23)19(28-15)24-10-8-7-9-11(2)20/h15-19H,6-10H2,1-5H3. The molecule has 0 aromatic carbocycles. The summed E-state index contributed by atoms with van der Waals surface area (Å²) in [6, 6.07) is 0. The van der Waals surface area contributed by atoms with Crippen LogP contribution in [-0.4, -0.2) is 61.0 Å². The first-order chi connectivity index (χ1) is 13.1. The lowest BCUT2D eigenvalue weighted by Crippen LogP contribution is -2.61. The highest BCUT2D eigenvalue weighted by Gasteiger charge is 2.51. The average Bonchev–Trinajstić information content (AvgIpc) is 2.57. The number of hydrogen-bond acceptors (Lipinski definition) is 9. The molecule has 9 heteroatoms. The molecule has 1 aliphatic heterocycles. The fourth-order valence-corrected chi connectivity index (χ4v) is 2.99. The first kappa shape index (κ1) is 24.0. The number of carbonyl (C=O) groups excluding carboxylic acids is 4. The lowest BCUT2D eigenvalue weighted by molar-refractivity contribution is -0.304. The van der Waals surface area contributed by atoms with Gasteiger partial charge in [-0.1, -0.05) is 6.92 Å². The monoisotopic (exact) mass is 402 g/mol. The number of ether oxygens (including phenoxy) is 5. The minimum absolute atomic E-state index is 0.0944. The molecule has 0 aromatic rings. The zero-order chi connectivity index (χ0) is 21.3. The maximum absolute atomic E-state index is 11.6.